The van der Waals surface area contributed by atoms with Crippen LogP contribution < -0.4 is 5.32 Å². The SMILES string of the molecule is CC(C)c1nn(C)cc1C(=O)NCC1CC1. The molecule has 16 heavy (non-hydrogen) atoms. The molecule has 0 spiro atoms. The monoisotopic (exact) mass is 221 g/mol. The van der Waals surface area contributed by atoms with Crippen LogP contribution in [0.3, 0.4) is 0 Å². The molecule has 0 saturated heterocycles. The van der Waals surface area contributed by atoms with E-state index in [-0.39, 0.29) is 11.8 Å². The Morgan fingerprint density at radius 3 is 2.88 bits per heavy atom. The highest BCUT2D eigenvalue weighted by Gasteiger charge is 2.23. The molecule has 1 N–H and O–H groups in total. The minimum Gasteiger partial charge on any atom is -0.352 e. The molecule has 2 rings (SSSR count). The van der Waals surface area contributed by atoms with E-state index in [1.807, 2.05) is 7.05 Å². The van der Waals surface area contributed by atoms with E-state index >= 15 is 0 Å². The van der Waals surface area contributed by atoms with Crippen molar-refractivity contribution in [1.29, 1.82) is 0 Å². The van der Waals surface area contributed by atoms with E-state index in [2.05, 4.69) is 24.3 Å². The number of hydrogen-bond acceptors (Lipinski definition) is 2. The van der Waals surface area contributed by atoms with Crippen molar-refractivity contribution in [2.75, 3.05) is 6.54 Å². The number of aromatic nitrogens is 2. The van der Waals surface area contributed by atoms with Gasteiger partial charge in [0.2, 0.25) is 0 Å². The third kappa shape index (κ3) is 2.43. The zero-order valence-electron chi connectivity index (χ0n) is 10.2. The van der Waals surface area contributed by atoms with Gasteiger partial charge in [0.05, 0.1) is 11.3 Å². The summed E-state index contributed by atoms with van der Waals surface area (Å²) in [5.41, 5.74) is 1.61. The van der Waals surface area contributed by atoms with Gasteiger partial charge in [-0.25, -0.2) is 0 Å². The van der Waals surface area contributed by atoms with E-state index in [4.69, 9.17) is 0 Å². The molecule has 1 fully saturated rings. The molecule has 0 aromatic carbocycles. The molecule has 0 bridgehead atoms. The second-order valence-corrected chi connectivity index (χ2v) is 4.91. The molecule has 88 valence electrons. The average Bonchev–Trinajstić information content (AvgIpc) is 2.96. The Labute approximate surface area is 96.0 Å². The number of hydrogen-bond donors (Lipinski definition) is 1. The minimum atomic E-state index is 0.0173. The first-order valence-corrected chi connectivity index (χ1v) is 5.89. The van der Waals surface area contributed by atoms with Crippen LogP contribution in [0, 0.1) is 5.92 Å². The van der Waals surface area contributed by atoms with Crippen LogP contribution in [-0.4, -0.2) is 22.2 Å². The molecule has 1 saturated carbocycles. The van der Waals surface area contributed by atoms with Crippen molar-refractivity contribution in [2.45, 2.75) is 32.6 Å². The van der Waals surface area contributed by atoms with Gasteiger partial charge < -0.3 is 5.32 Å². The fraction of sp³-hybridized carbons (Fsp3) is 0.667. The maximum Gasteiger partial charge on any atom is 0.254 e. The Balaban J connectivity index is 2.07. The van der Waals surface area contributed by atoms with Crippen molar-refractivity contribution in [3.8, 4) is 0 Å². The summed E-state index contributed by atoms with van der Waals surface area (Å²) in [5, 5.41) is 7.31. The van der Waals surface area contributed by atoms with Crippen molar-refractivity contribution < 1.29 is 4.79 Å². The number of aryl methyl sites for hydroxylation is 1. The van der Waals surface area contributed by atoms with Crippen molar-refractivity contribution in [2.24, 2.45) is 13.0 Å². The number of rotatable bonds is 4. The lowest BCUT2D eigenvalue weighted by molar-refractivity contribution is 0.0950. The standard InChI is InChI=1S/C12H19N3O/c1-8(2)11-10(7-15(3)14-11)12(16)13-6-9-4-5-9/h7-9H,4-6H2,1-3H3,(H,13,16). The van der Waals surface area contributed by atoms with Crippen molar-refractivity contribution in [3.05, 3.63) is 17.5 Å². The lowest BCUT2D eigenvalue weighted by atomic mass is 10.1. The number of carbonyl (C=O) groups excluding carboxylic acids is 1. The van der Waals surface area contributed by atoms with Gasteiger partial charge in [-0.15, -0.1) is 0 Å². The summed E-state index contributed by atoms with van der Waals surface area (Å²) in [7, 11) is 1.85. The minimum absolute atomic E-state index is 0.0173. The van der Waals surface area contributed by atoms with Crippen LogP contribution in [0.25, 0.3) is 0 Å². The first kappa shape index (κ1) is 11.2. The molecule has 0 atom stereocenters. The Hall–Kier alpha value is -1.32. The summed E-state index contributed by atoms with van der Waals surface area (Å²) >= 11 is 0. The first-order valence-electron chi connectivity index (χ1n) is 5.89. The van der Waals surface area contributed by atoms with Gasteiger partial charge in [-0.3, -0.25) is 9.48 Å². The van der Waals surface area contributed by atoms with Crippen LogP contribution in [0.4, 0.5) is 0 Å². The Kier molecular flexibility index (Phi) is 2.99. The predicted octanol–water partition coefficient (Wildman–Crippen LogP) is 1.68. The van der Waals surface area contributed by atoms with E-state index in [9.17, 15) is 4.79 Å². The maximum atomic E-state index is 12.0. The third-order valence-electron chi connectivity index (χ3n) is 2.90. The van der Waals surface area contributed by atoms with Crippen molar-refractivity contribution in [1.82, 2.24) is 15.1 Å². The van der Waals surface area contributed by atoms with E-state index in [1.54, 1.807) is 10.9 Å². The van der Waals surface area contributed by atoms with Crippen molar-refractivity contribution >= 4 is 5.91 Å². The highest BCUT2D eigenvalue weighted by atomic mass is 16.1. The molecule has 1 aromatic rings. The van der Waals surface area contributed by atoms with Gasteiger partial charge in [0.1, 0.15) is 0 Å². The van der Waals surface area contributed by atoms with Gasteiger partial charge in [-0.1, -0.05) is 13.8 Å². The summed E-state index contributed by atoms with van der Waals surface area (Å²) < 4.78 is 1.71. The van der Waals surface area contributed by atoms with Gasteiger partial charge >= 0.3 is 0 Å². The molecule has 1 amide bonds. The summed E-state index contributed by atoms with van der Waals surface area (Å²) in [6.45, 7) is 4.92. The molecule has 1 heterocycles. The molecule has 4 heteroatoms. The molecule has 0 radical (unpaired) electrons. The molecular weight excluding hydrogens is 202 g/mol. The van der Waals surface area contributed by atoms with Crippen LogP contribution in [-0.2, 0) is 7.05 Å². The van der Waals surface area contributed by atoms with Gasteiger partial charge in [0.25, 0.3) is 5.91 Å². The number of carbonyl (C=O) groups is 1. The number of nitrogens with zero attached hydrogens (tertiary/aromatic N) is 2. The highest BCUT2D eigenvalue weighted by Crippen LogP contribution is 2.27. The highest BCUT2D eigenvalue weighted by molar-refractivity contribution is 5.95. The van der Waals surface area contributed by atoms with E-state index < -0.39 is 0 Å². The molecule has 0 aliphatic heterocycles. The molecule has 1 aliphatic rings. The van der Waals surface area contributed by atoms with Gasteiger partial charge in [0.15, 0.2) is 0 Å². The maximum absolute atomic E-state index is 12.0. The van der Waals surface area contributed by atoms with E-state index in [0.29, 0.717) is 5.92 Å². The smallest absolute Gasteiger partial charge is 0.254 e. The van der Waals surface area contributed by atoms with Crippen LogP contribution in [0.15, 0.2) is 6.20 Å². The zero-order valence-corrected chi connectivity index (χ0v) is 10.2. The third-order valence-corrected chi connectivity index (χ3v) is 2.90. The first-order chi connectivity index (χ1) is 7.58. The molecule has 0 unspecified atom stereocenters. The average molecular weight is 221 g/mol. The fourth-order valence-corrected chi connectivity index (χ4v) is 1.76. The molecular formula is C12H19N3O. The second-order valence-electron chi connectivity index (χ2n) is 4.91. The summed E-state index contributed by atoms with van der Waals surface area (Å²) in [6, 6.07) is 0. The molecule has 1 aromatic heterocycles. The van der Waals surface area contributed by atoms with Crippen LogP contribution in [0.1, 0.15) is 48.7 Å². The topological polar surface area (TPSA) is 46.9 Å². The van der Waals surface area contributed by atoms with E-state index in [1.165, 1.54) is 12.8 Å². The second kappa shape index (κ2) is 4.28. The zero-order chi connectivity index (χ0) is 11.7. The normalized spacial score (nSPS) is 15.5. The van der Waals surface area contributed by atoms with Crippen molar-refractivity contribution in [3.63, 3.8) is 0 Å². The van der Waals surface area contributed by atoms with Gasteiger partial charge in [-0.05, 0) is 24.7 Å². The lowest BCUT2D eigenvalue weighted by Gasteiger charge is -2.05. The summed E-state index contributed by atoms with van der Waals surface area (Å²) in [5.74, 6) is 1.01. The Bertz CT molecular complexity index is 391. The number of amides is 1. The Morgan fingerprint density at radius 1 is 1.62 bits per heavy atom. The van der Waals surface area contributed by atoms with Crippen LogP contribution >= 0.6 is 0 Å². The quantitative estimate of drug-likeness (QED) is 0.841. The number of nitrogens with one attached hydrogen (secondary N) is 1. The Morgan fingerprint density at radius 2 is 2.31 bits per heavy atom. The van der Waals surface area contributed by atoms with Crippen LogP contribution in [0.2, 0.25) is 0 Å². The van der Waals surface area contributed by atoms with E-state index in [0.717, 1.165) is 17.8 Å². The van der Waals surface area contributed by atoms with Gasteiger partial charge in [-0.2, -0.15) is 5.10 Å². The van der Waals surface area contributed by atoms with Gasteiger partial charge in [0, 0.05) is 19.8 Å². The largest absolute Gasteiger partial charge is 0.352 e. The lowest BCUT2D eigenvalue weighted by Crippen LogP contribution is -2.26. The fourth-order valence-electron chi connectivity index (χ4n) is 1.76. The molecule has 4 nitrogen and oxygen atoms in total. The van der Waals surface area contributed by atoms with Crippen LogP contribution in [0.5, 0.6) is 0 Å². The summed E-state index contributed by atoms with van der Waals surface area (Å²) in [6.07, 6.45) is 4.31. The predicted molar refractivity (Wildman–Crippen MR) is 62.4 cm³/mol. The summed E-state index contributed by atoms with van der Waals surface area (Å²) in [4.78, 5) is 12.0. The molecule has 1 aliphatic carbocycles.